The minimum atomic E-state index is -4.31. The molecule has 1 saturated heterocycles. The van der Waals surface area contributed by atoms with Crippen molar-refractivity contribution in [3.63, 3.8) is 0 Å². The Labute approximate surface area is 149 Å². The van der Waals surface area contributed by atoms with Gasteiger partial charge in [-0.15, -0.1) is 0 Å². The fourth-order valence-electron chi connectivity index (χ4n) is 2.83. The Balaban J connectivity index is 1.48. The van der Waals surface area contributed by atoms with Gasteiger partial charge in [0, 0.05) is 38.8 Å². The molecule has 7 heteroatoms. The van der Waals surface area contributed by atoms with Crippen molar-refractivity contribution in [3.8, 4) is 0 Å². The molecule has 138 valence electrons. The van der Waals surface area contributed by atoms with Crippen LogP contribution in [-0.2, 0) is 17.5 Å². The number of benzene rings is 1. The molecule has 1 aromatic carbocycles. The minimum Gasteiger partial charge on any atom is -0.465 e. The summed E-state index contributed by atoms with van der Waals surface area (Å²) >= 11 is 0. The van der Waals surface area contributed by atoms with Crippen molar-refractivity contribution in [2.75, 3.05) is 26.2 Å². The number of hydrogen-bond acceptors (Lipinski definition) is 3. The number of amides is 1. The van der Waals surface area contributed by atoms with E-state index in [9.17, 15) is 18.0 Å². The number of furan rings is 1. The molecule has 0 radical (unpaired) electrons. The summed E-state index contributed by atoms with van der Waals surface area (Å²) in [6.07, 6.45) is 0.360. The number of rotatable bonds is 4. The van der Waals surface area contributed by atoms with Crippen molar-refractivity contribution in [2.45, 2.75) is 12.7 Å². The van der Waals surface area contributed by atoms with E-state index < -0.39 is 11.7 Å². The van der Waals surface area contributed by atoms with Crippen molar-refractivity contribution in [1.82, 2.24) is 9.80 Å². The average Bonchev–Trinajstić information content (AvgIpc) is 3.13. The van der Waals surface area contributed by atoms with Gasteiger partial charge in [0.1, 0.15) is 5.76 Å². The fourth-order valence-corrected chi connectivity index (χ4v) is 2.83. The number of piperazine rings is 1. The third-order valence-electron chi connectivity index (χ3n) is 4.30. The van der Waals surface area contributed by atoms with Crippen molar-refractivity contribution in [1.29, 1.82) is 0 Å². The number of carbonyl (C=O) groups excluding carboxylic acids is 1. The van der Waals surface area contributed by atoms with E-state index >= 15 is 0 Å². The van der Waals surface area contributed by atoms with Gasteiger partial charge in [-0.25, -0.2) is 0 Å². The number of hydrogen-bond donors (Lipinski definition) is 0. The maximum Gasteiger partial charge on any atom is 0.416 e. The molecule has 0 atom stereocenters. The molecule has 2 heterocycles. The largest absolute Gasteiger partial charge is 0.465 e. The van der Waals surface area contributed by atoms with Crippen LogP contribution in [0.15, 0.2) is 53.2 Å². The monoisotopic (exact) mass is 364 g/mol. The third-order valence-corrected chi connectivity index (χ3v) is 4.30. The van der Waals surface area contributed by atoms with Crippen LogP contribution in [-0.4, -0.2) is 41.9 Å². The van der Waals surface area contributed by atoms with Gasteiger partial charge in [-0.05, 0) is 35.9 Å². The van der Waals surface area contributed by atoms with Gasteiger partial charge in [-0.3, -0.25) is 9.69 Å². The maximum absolute atomic E-state index is 12.6. The maximum atomic E-state index is 12.6. The van der Waals surface area contributed by atoms with Gasteiger partial charge in [0.05, 0.1) is 11.8 Å². The second-order valence-corrected chi connectivity index (χ2v) is 6.14. The van der Waals surface area contributed by atoms with E-state index in [-0.39, 0.29) is 5.91 Å². The SMILES string of the molecule is O=C(/C=C/c1ccco1)N1CCN(Cc2ccc(C(F)(F)F)cc2)CC1. The van der Waals surface area contributed by atoms with E-state index in [1.807, 2.05) is 0 Å². The summed E-state index contributed by atoms with van der Waals surface area (Å²) in [6.45, 7) is 3.11. The Bertz CT molecular complexity index is 744. The highest BCUT2D eigenvalue weighted by Crippen LogP contribution is 2.29. The van der Waals surface area contributed by atoms with E-state index in [1.165, 1.54) is 18.2 Å². The Hall–Kier alpha value is -2.54. The quantitative estimate of drug-likeness (QED) is 0.777. The second-order valence-electron chi connectivity index (χ2n) is 6.14. The number of halogens is 3. The van der Waals surface area contributed by atoms with E-state index in [0.29, 0.717) is 38.5 Å². The highest BCUT2D eigenvalue weighted by atomic mass is 19.4. The molecule has 2 aromatic rings. The Morgan fingerprint density at radius 1 is 1.08 bits per heavy atom. The standard InChI is InChI=1S/C19H19F3N2O2/c20-19(21,22)16-5-3-15(4-6-16)14-23-9-11-24(12-10-23)18(25)8-7-17-2-1-13-26-17/h1-8,13H,9-12,14H2/b8-7+. The fraction of sp³-hybridized carbons (Fsp3) is 0.316. The summed E-state index contributed by atoms with van der Waals surface area (Å²) in [5.41, 5.74) is 0.190. The molecule has 1 aliphatic heterocycles. The summed E-state index contributed by atoms with van der Waals surface area (Å²) in [5, 5.41) is 0. The lowest BCUT2D eigenvalue weighted by molar-refractivity contribution is -0.137. The zero-order chi connectivity index (χ0) is 18.6. The first-order valence-electron chi connectivity index (χ1n) is 8.31. The van der Waals surface area contributed by atoms with Crippen molar-refractivity contribution in [2.24, 2.45) is 0 Å². The lowest BCUT2D eigenvalue weighted by atomic mass is 10.1. The molecule has 26 heavy (non-hydrogen) atoms. The minimum absolute atomic E-state index is 0.0735. The Kier molecular flexibility index (Phi) is 5.46. The summed E-state index contributed by atoms with van der Waals surface area (Å²) < 4.78 is 42.9. The topological polar surface area (TPSA) is 36.7 Å². The van der Waals surface area contributed by atoms with Crippen LogP contribution in [0, 0.1) is 0 Å². The van der Waals surface area contributed by atoms with Gasteiger partial charge < -0.3 is 9.32 Å². The van der Waals surface area contributed by atoms with Gasteiger partial charge in [0.2, 0.25) is 5.91 Å². The molecule has 0 unspecified atom stereocenters. The first-order chi connectivity index (χ1) is 12.4. The first-order valence-corrected chi connectivity index (χ1v) is 8.31. The average molecular weight is 364 g/mol. The van der Waals surface area contributed by atoms with Crippen LogP contribution in [0.4, 0.5) is 13.2 Å². The molecule has 0 N–H and O–H groups in total. The summed E-state index contributed by atoms with van der Waals surface area (Å²) in [4.78, 5) is 16.0. The van der Waals surface area contributed by atoms with Crippen LogP contribution in [0.3, 0.4) is 0 Å². The summed E-state index contributed by atoms with van der Waals surface area (Å²) in [7, 11) is 0. The highest BCUT2D eigenvalue weighted by Gasteiger charge is 2.30. The molecule has 4 nitrogen and oxygen atoms in total. The number of alkyl halides is 3. The first kappa shape index (κ1) is 18.3. The Morgan fingerprint density at radius 2 is 1.77 bits per heavy atom. The van der Waals surface area contributed by atoms with Crippen molar-refractivity contribution < 1.29 is 22.4 Å². The molecule has 1 fully saturated rings. The Morgan fingerprint density at radius 3 is 2.35 bits per heavy atom. The number of carbonyl (C=O) groups is 1. The van der Waals surface area contributed by atoms with Crippen molar-refractivity contribution >= 4 is 12.0 Å². The van der Waals surface area contributed by atoms with Crippen LogP contribution < -0.4 is 0 Å². The van der Waals surface area contributed by atoms with E-state index in [2.05, 4.69) is 4.90 Å². The van der Waals surface area contributed by atoms with Gasteiger partial charge in [-0.2, -0.15) is 13.2 Å². The van der Waals surface area contributed by atoms with Gasteiger partial charge in [0.25, 0.3) is 0 Å². The van der Waals surface area contributed by atoms with Crippen LogP contribution in [0.1, 0.15) is 16.9 Å². The lowest BCUT2D eigenvalue weighted by Gasteiger charge is -2.34. The van der Waals surface area contributed by atoms with Crippen molar-refractivity contribution in [3.05, 3.63) is 65.6 Å². The molecule has 0 saturated carbocycles. The van der Waals surface area contributed by atoms with Crippen LogP contribution in [0.5, 0.6) is 0 Å². The highest BCUT2D eigenvalue weighted by molar-refractivity contribution is 5.91. The predicted molar refractivity (Wildman–Crippen MR) is 91.0 cm³/mol. The normalized spacial score (nSPS) is 16.3. The summed E-state index contributed by atoms with van der Waals surface area (Å²) in [6, 6.07) is 8.75. The smallest absolute Gasteiger partial charge is 0.416 e. The molecule has 0 spiro atoms. The predicted octanol–water partition coefficient (Wildman–Crippen LogP) is 3.66. The van der Waals surface area contributed by atoms with E-state index in [0.717, 1.165) is 17.7 Å². The molecule has 0 bridgehead atoms. The van der Waals surface area contributed by atoms with Gasteiger partial charge in [0.15, 0.2) is 0 Å². The molecular weight excluding hydrogens is 345 g/mol. The molecular formula is C19H19F3N2O2. The molecule has 1 aromatic heterocycles. The molecule has 1 amide bonds. The second kappa shape index (κ2) is 7.78. The molecule has 0 aliphatic carbocycles. The van der Waals surface area contributed by atoms with E-state index in [1.54, 1.807) is 29.4 Å². The van der Waals surface area contributed by atoms with Gasteiger partial charge >= 0.3 is 6.18 Å². The zero-order valence-corrected chi connectivity index (χ0v) is 14.1. The third kappa shape index (κ3) is 4.76. The summed E-state index contributed by atoms with van der Waals surface area (Å²) in [5.74, 6) is 0.551. The molecule has 3 rings (SSSR count). The number of nitrogens with zero attached hydrogens (tertiary/aromatic N) is 2. The van der Waals surface area contributed by atoms with Gasteiger partial charge in [-0.1, -0.05) is 12.1 Å². The zero-order valence-electron chi connectivity index (χ0n) is 14.1. The van der Waals surface area contributed by atoms with Crippen LogP contribution in [0.2, 0.25) is 0 Å². The lowest BCUT2D eigenvalue weighted by Crippen LogP contribution is -2.47. The molecule has 1 aliphatic rings. The van der Waals surface area contributed by atoms with Crippen LogP contribution in [0.25, 0.3) is 6.08 Å². The van der Waals surface area contributed by atoms with E-state index in [4.69, 9.17) is 4.42 Å². The van der Waals surface area contributed by atoms with Crippen LogP contribution >= 0.6 is 0 Å².